The Kier molecular flexibility index (Phi) is 6.80. The highest BCUT2D eigenvalue weighted by atomic mass is 31.2. The molecule has 0 aromatic carbocycles. The lowest BCUT2D eigenvalue weighted by Gasteiger charge is -2.19. The van der Waals surface area contributed by atoms with Crippen LogP contribution in [0.4, 0.5) is 0 Å². The van der Waals surface area contributed by atoms with E-state index in [1.807, 2.05) is 0 Å². The van der Waals surface area contributed by atoms with Gasteiger partial charge in [0.05, 0.1) is 19.3 Å². The highest BCUT2D eigenvalue weighted by Crippen LogP contribution is 2.43. The van der Waals surface area contributed by atoms with Gasteiger partial charge in [-0.05, 0) is 12.8 Å². The first-order chi connectivity index (χ1) is 8.48. The predicted octanol–water partition coefficient (Wildman–Crippen LogP) is -0.199. The third kappa shape index (κ3) is 5.36. The molecule has 18 heavy (non-hydrogen) atoms. The molecule has 2 radical (unpaired) electrons. The standard InChI is InChI=1S/C9H18BO7P/c1-14-7-5-9(10)17-8(7)6-16-18(12,13)15-4-2-3-11/h7-9,11H,2-6H2,1H3,(H,12,13). The van der Waals surface area contributed by atoms with Crippen molar-refractivity contribution < 1.29 is 33.1 Å². The van der Waals surface area contributed by atoms with Crippen molar-refractivity contribution in [2.75, 3.05) is 26.9 Å². The van der Waals surface area contributed by atoms with E-state index >= 15 is 0 Å². The Labute approximate surface area is 107 Å². The minimum atomic E-state index is -4.12. The van der Waals surface area contributed by atoms with Crippen molar-refractivity contribution in [1.29, 1.82) is 0 Å². The van der Waals surface area contributed by atoms with E-state index in [9.17, 15) is 9.46 Å². The summed E-state index contributed by atoms with van der Waals surface area (Å²) in [6, 6.07) is -0.461. The Morgan fingerprint density at radius 2 is 2.22 bits per heavy atom. The lowest BCUT2D eigenvalue weighted by Crippen LogP contribution is -2.28. The van der Waals surface area contributed by atoms with E-state index in [0.717, 1.165) is 0 Å². The minimum Gasteiger partial charge on any atom is -0.396 e. The largest absolute Gasteiger partial charge is 0.472 e. The van der Waals surface area contributed by atoms with Crippen LogP contribution in [0.25, 0.3) is 0 Å². The Balaban J connectivity index is 2.32. The van der Waals surface area contributed by atoms with Crippen LogP contribution in [0.3, 0.4) is 0 Å². The lowest BCUT2D eigenvalue weighted by molar-refractivity contribution is -0.0223. The molecular weight excluding hydrogens is 262 g/mol. The zero-order chi connectivity index (χ0) is 13.6. The molecule has 7 nitrogen and oxygen atoms in total. The number of hydrogen-bond acceptors (Lipinski definition) is 6. The van der Waals surface area contributed by atoms with E-state index in [-0.39, 0.29) is 32.3 Å². The molecule has 1 saturated heterocycles. The highest BCUT2D eigenvalue weighted by Gasteiger charge is 2.35. The number of phosphoric acid groups is 1. The highest BCUT2D eigenvalue weighted by molar-refractivity contribution is 7.47. The van der Waals surface area contributed by atoms with Gasteiger partial charge in [-0.15, -0.1) is 0 Å². The van der Waals surface area contributed by atoms with E-state index in [1.165, 1.54) is 7.11 Å². The van der Waals surface area contributed by atoms with Gasteiger partial charge >= 0.3 is 7.82 Å². The molecule has 1 aliphatic rings. The van der Waals surface area contributed by atoms with E-state index in [4.69, 9.17) is 27.0 Å². The maximum absolute atomic E-state index is 11.4. The van der Waals surface area contributed by atoms with Crippen molar-refractivity contribution in [3.63, 3.8) is 0 Å². The minimum absolute atomic E-state index is 0.0526. The summed E-state index contributed by atoms with van der Waals surface area (Å²) >= 11 is 0. The molecule has 104 valence electrons. The first-order valence-corrected chi connectivity index (χ1v) is 7.14. The molecule has 4 atom stereocenters. The van der Waals surface area contributed by atoms with Crippen LogP contribution in [0.2, 0.25) is 0 Å². The molecule has 0 aliphatic carbocycles. The Bertz CT molecular complexity index is 290. The zero-order valence-electron chi connectivity index (χ0n) is 10.2. The summed E-state index contributed by atoms with van der Waals surface area (Å²) in [6.07, 6.45) is 0.00903. The average molecular weight is 280 g/mol. The number of aliphatic hydroxyl groups is 1. The molecule has 0 amide bonds. The SMILES string of the molecule is [B]C1CC(OC)C(COP(=O)(O)OCCCO)O1. The van der Waals surface area contributed by atoms with Crippen molar-refractivity contribution in [1.82, 2.24) is 0 Å². The van der Waals surface area contributed by atoms with Gasteiger partial charge in [0.25, 0.3) is 0 Å². The molecule has 1 rings (SSSR count). The summed E-state index contributed by atoms with van der Waals surface area (Å²) < 4.78 is 31.3. The summed E-state index contributed by atoms with van der Waals surface area (Å²) in [7, 11) is 2.97. The van der Waals surface area contributed by atoms with Crippen LogP contribution in [-0.2, 0) is 23.1 Å². The third-order valence-corrected chi connectivity index (χ3v) is 3.47. The van der Waals surface area contributed by atoms with Crippen molar-refractivity contribution in [3.05, 3.63) is 0 Å². The number of rotatable bonds is 8. The number of aliphatic hydroxyl groups excluding tert-OH is 1. The van der Waals surface area contributed by atoms with Crippen LogP contribution in [-0.4, -0.2) is 63.0 Å². The average Bonchev–Trinajstić information content (AvgIpc) is 2.67. The summed E-state index contributed by atoms with van der Waals surface area (Å²) in [5, 5.41) is 8.52. The number of methoxy groups -OCH3 is 1. The monoisotopic (exact) mass is 280 g/mol. The lowest BCUT2D eigenvalue weighted by atomic mass is 9.96. The van der Waals surface area contributed by atoms with Crippen LogP contribution < -0.4 is 0 Å². The molecule has 1 heterocycles. The quantitative estimate of drug-likeness (QED) is 0.361. The summed E-state index contributed by atoms with van der Waals surface area (Å²) in [4.78, 5) is 9.33. The molecule has 9 heteroatoms. The van der Waals surface area contributed by atoms with Crippen molar-refractivity contribution in [2.45, 2.75) is 31.1 Å². The summed E-state index contributed by atoms with van der Waals surface area (Å²) in [6.45, 7) is -0.311. The Morgan fingerprint density at radius 3 is 2.83 bits per heavy atom. The van der Waals surface area contributed by atoms with E-state index < -0.39 is 19.9 Å². The van der Waals surface area contributed by atoms with Crippen LogP contribution in [0, 0.1) is 0 Å². The topological polar surface area (TPSA) is 94.5 Å². The smallest absolute Gasteiger partial charge is 0.396 e. The Morgan fingerprint density at radius 1 is 1.50 bits per heavy atom. The molecule has 0 aromatic rings. The van der Waals surface area contributed by atoms with Gasteiger partial charge in [0, 0.05) is 19.7 Å². The fraction of sp³-hybridized carbons (Fsp3) is 1.00. The van der Waals surface area contributed by atoms with E-state index in [2.05, 4.69) is 4.52 Å². The first kappa shape index (κ1) is 16.1. The van der Waals surface area contributed by atoms with Gasteiger partial charge in [-0.3, -0.25) is 9.05 Å². The first-order valence-electron chi connectivity index (χ1n) is 5.65. The van der Waals surface area contributed by atoms with Crippen LogP contribution in [0.1, 0.15) is 12.8 Å². The summed E-state index contributed by atoms with van der Waals surface area (Å²) in [5.41, 5.74) is 0. The fourth-order valence-electron chi connectivity index (χ4n) is 1.59. The molecule has 0 saturated carbocycles. The molecule has 1 fully saturated rings. The third-order valence-electron chi connectivity index (χ3n) is 2.49. The van der Waals surface area contributed by atoms with Crippen molar-refractivity contribution in [2.24, 2.45) is 0 Å². The van der Waals surface area contributed by atoms with Gasteiger partial charge < -0.3 is 19.5 Å². The van der Waals surface area contributed by atoms with Gasteiger partial charge in [0.15, 0.2) is 0 Å². The number of ether oxygens (including phenoxy) is 2. The molecule has 0 bridgehead atoms. The van der Waals surface area contributed by atoms with E-state index in [1.54, 1.807) is 0 Å². The van der Waals surface area contributed by atoms with E-state index in [0.29, 0.717) is 6.42 Å². The van der Waals surface area contributed by atoms with Crippen molar-refractivity contribution >= 4 is 15.7 Å². The van der Waals surface area contributed by atoms with Gasteiger partial charge in [-0.1, -0.05) is 0 Å². The molecule has 2 N–H and O–H groups in total. The second-order valence-corrected chi connectivity index (χ2v) is 5.35. The number of hydrogen-bond donors (Lipinski definition) is 2. The maximum Gasteiger partial charge on any atom is 0.472 e. The number of phosphoric ester groups is 1. The van der Waals surface area contributed by atoms with Gasteiger partial charge in [0.1, 0.15) is 14.0 Å². The maximum atomic E-state index is 11.4. The Hall–Kier alpha value is 0.0549. The van der Waals surface area contributed by atoms with Gasteiger partial charge in [-0.2, -0.15) is 0 Å². The van der Waals surface area contributed by atoms with Crippen molar-refractivity contribution in [3.8, 4) is 0 Å². The van der Waals surface area contributed by atoms with Crippen LogP contribution in [0.15, 0.2) is 0 Å². The summed E-state index contributed by atoms with van der Waals surface area (Å²) in [5.74, 6) is 0. The second-order valence-electron chi connectivity index (χ2n) is 3.90. The molecule has 0 aromatic heterocycles. The predicted molar refractivity (Wildman–Crippen MR) is 63.3 cm³/mol. The van der Waals surface area contributed by atoms with Crippen LogP contribution in [0.5, 0.6) is 0 Å². The van der Waals surface area contributed by atoms with Crippen LogP contribution >= 0.6 is 7.82 Å². The fourth-order valence-corrected chi connectivity index (χ4v) is 2.36. The molecular formula is C9H18BO7P. The second kappa shape index (κ2) is 7.60. The van der Waals surface area contributed by atoms with Gasteiger partial charge in [-0.25, -0.2) is 4.57 Å². The molecule has 0 spiro atoms. The molecule has 4 unspecified atom stereocenters. The normalized spacial score (nSPS) is 31.4. The molecule has 1 aliphatic heterocycles. The zero-order valence-corrected chi connectivity index (χ0v) is 11.1. The van der Waals surface area contributed by atoms with Gasteiger partial charge in [0.2, 0.25) is 0 Å².